The highest BCUT2D eigenvalue weighted by Gasteiger charge is 2.33. The van der Waals surface area contributed by atoms with Crippen molar-refractivity contribution in [3.05, 3.63) is 23.4 Å². The topological polar surface area (TPSA) is 86.0 Å². The normalized spacial score (nSPS) is 11.8. The van der Waals surface area contributed by atoms with Crippen LogP contribution in [0.4, 0.5) is 19.0 Å². The number of alkyl halides is 3. The van der Waals surface area contributed by atoms with Crippen molar-refractivity contribution < 1.29 is 23.1 Å². The van der Waals surface area contributed by atoms with Gasteiger partial charge in [-0.2, -0.15) is 18.4 Å². The molecule has 0 amide bonds. The third kappa shape index (κ3) is 4.95. The van der Waals surface area contributed by atoms with Crippen LogP contribution >= 0.6 is 0 Å². The summed E-state index contributed by atoms with van der Waals surface area (Å²) in [4.78, 5) is 14.0. The lowest BCUT2D eigenvalue weighted by Gasteiger charge is -2.27. The summed E-state index contributed by atoms with van der Waals surface area (Å²) >= 11 is 0. The minimum absolute atomic E-state index is 0.0357. The van der Waals surface area contributed by atoms with E-state index in [4.69, 9.17) is 10.4 Å². The quantitative estimate of drug-likeness (QED) is 0.873. The lowest BCUT2D eigenvalue weighted by atomic mass is 9.98. The number of carboxylic acids is 1. The summed E-state index contributed by atoms with van der Waals surface area (Å²) in [6, 6.07) is 3.52. The Labute approximate surface area is 119 Å². The number of pyridine rings is 1. The molecule has 0 aliphatic rings. The van der Waals surface area contributed by atoms with Crippen molar-refractivity contribution in [1.29, 1.82) is 5.26 Å². The SMILES string of the molecule is CC(C)(CCC(=O)O)Nc1nc(C(F)(F)F)ccc1C#N. The van der Waals surface area contributed by atoms with Gasteiger partial charge in [0.1, 0.15) is 17.6 Å². The van der Waals surface area contributed by atoms with Gasteiger partial charge in [-0.25, -0.2) is 4.98 Å². The van der Waals surface area contributed by atoms with Crippen molar-refractivity contribution in [2.24, 2.45) is 0 Å². The van der Waals surface area contributed by atoms with E-state index < -0.39 is 23.4 Å². The second kappa shape index (κ2) is 5.99. The van der Waals surface area contributed by atoms with E-state index in [9.17, 15) is 18.0 Å². The zero-order valence-electron chi connectivity index (χ0n) is 11.5. The van der Waals surface area contributed by atoms with Crippen LogP contribution in [0, 0.1) is 11.3 Å². The molecule has 1 heterocycles. The number of nitrogens with one attached hydrogen (secondary N) is 1. The Bertz CT molecular complexity index is 577. The van der Waals surface area contributed by atoms with Crippen molar-refractivity contribution in [3.63, 3.8) is 0 Å². The van der Waals surface area contributed by atoms with Gasteiger partial charge in [0.05, 0.1) is 5.56 Å². The zero-order chi connectivity index (χ0) is 16.3. The minimum Gasteiger partial charge on any atom is -0.481 e. The average molecular weight is 301 g/mol. The fourth-order valence-corrected chi connectivity index (χ4v) is 1.60. The third-order valence-corrected chi connectivity index (χ3v) is 2.73. The van der Waals surface area contributed by atoms with Crippen molar-refractivity contribution in [3.8, 4) is 6.07 Å². The standard InChI is InChI=1S/C13H14F3N3O2/c1-12(2,6-5-10(20)21)19-11-8(7-17)3-4-9(18-11)13(14,15)16/h3-4H,5-6H2,1-2H3,(H,18,19)(H,20,21). The monoisotopic (exact) mass is 301 g/mol. The number of halogens is 3. The molecule has 0 aliphatic carbocycles. The summed E-state index contributed by atoms with van der Waals surface area (Å²) in [5.41, 5.74) is -1.97. The van der Waals surface area contributed by atoms with E-state index in [2.05, 4.69) is 10.3 Å². The molecule has 2 N–H and O–H groups in total. The van der Waals surface area contributed by atoms with Gasteiger partial charge in [0, 0.05) is 12.0 Å². The largest absolute Gasteiger partial charge is 0.481 e. The number of hydrogen-bond donors (Lipinski definition) is 2. The van der Waals surface area contributed by atoms with Crippen LogP contribution in [0.15, 0.2) is 12.1 Å². The predicted molar refractivity (Wildman–Crippen MR) is 68.5 cm³/mol. The molecule has 0 saturated carbocycles. The van der Waals surface area contributed by atoms with Crippen molar-refractivity contribution in [2.45, 2.75) is 38.4 Å². The molecular formula is C13H14F3N3O2. The maximum atomic E-state index is 12.6. The van der Waals surface area contributed by atoms with Gasteiger partial charge < -0.3 is 10.4 Å². The van der Waals surface area contributed by atoms with Gasteiger partial charge in [-0.15, -0.1) is 0 Å². The Balaban J connectivity index is 3.05. The first-order valence-corrected chi connectivity index (χ1v) is 6.03. The van der Waals surface area contributed by atoms with Gasteiger partial charge in [0.2, 0.25) is 0 Å². The molecule has 0 bridgehead atoms. The summed E-state index contributed by atoms with van der Waals surface area (Å²) in [6.45, 7) is 3.25. The van der Waals surface area contributed by atoms with Gasteiger partial charge in [-0.3, -0.25) is 4.79 Å². The summed E-state index contributed by atoms with van der Waals surface area (Å²) in [6.07, 6.45) is -4.60. The van der Waals surface area contributed by atoms with E-state index in [0.717, 1.165) is 12.1 Å². The average Bonchev–Trinajstić information content (AvgIpc) is 2.35. The van der Waals surface area contributed by atoms with Crippen LogP contribution < -0.4 is 5.32 Å². The van der Waals surface area contributed by atoms with E-state index >= 15 is 0 Å². The van der Waals surface area contributed by atoms with Crippen LogP contribution in [-0.2, 0) is 11.0 Å². The highest BCUT2D eigenvalue weighted by atomic mass is 19.4. The fourth-order valence-electron chi connectivity index (χ4n) is 1.60. The summed E-state index contributed by atoms with van der Waals surface area (Å²) in [5.74, 6) is -1.22. The maximum absolute atomic E-state index is 12.6. The molecule has 0 unspecified atom stereocenters. The van der Waals surface area contributed by atoms with Crippen LogP contribution in [0.3, 0.4) is 0 Å². The first kappa shape index (κ1) is 16.8. The van der Waals surface area contributed by atoms with Gasteiger partial charge >= 0.3 is 12.1 Å². The number of anilines is 1. The van der Waals surface area contributed by atoms with Gasteiger partial charge in [0.25, 0.3) is 0 Å². The summed E-state index contributed by atoms with van der Waals surface area (Å²) in [7, 11) is 0. The first-order valence-electron chi connectivity index (χ1n) is 6.03. The molecule has 0 aliphatic heterocycles. The first-order chi connectivity index (χ1) is 9.55. The number of aliphatic carboxylic acids is 1. The molecule has 0 atom stereocenters. The molecule has 21 heavy (non-hydrogen) atoms. The van der Waals surface area contributed by atoms with E-state index in [1.165, 1.54) is 0 Å². The van der Waals surface area contributed by atoms with E-state index in [1.54, 1.807) is 19.9 Å². The second-order valence-electron chi connectivity index (χ2n) is 5.10. The Morgan fingerprint density at radius 2 is 2.05 bits per heavy atom. The summed E-state index contributed by atoms with van der Waals surface area (Å²) < 4.78 is 37.9. The predicted octanol–water partition coefficient (Wildman–Crippen LogP) is 3.03. The van der Waals surface area contributed by atoms with Crippen LogP contribution in [-0.4, -0.2) is 21.6 Å². The number of nitriles is 1. The number of carbonyl (C=O) groups is 1. The van der Waals surface area contributed by atoms with Crippen LogP contribution in [0.25, 0.3) is 0 Å². The molecule has 5 nitrogen and oxygen atoms in total. The Hall–Kier alpha value is -2.30. The lowest BCUT2D eigenvalue weighted by Crippen LogP contribution is -2.32. The molecule has 0 radical (unpaired) electrons. The number of rotatable bonds is 5. The molecule has 1 aromatic rings. The van der Waals surface area contributed by atoms with E-state index in [-0.39, 0.29) is 24.2 Å². The molecule has 1 rings (SSSR count). The molecule has 114 valence electrons. The number of nitrogens with zero attached hydrogens (tertiary/aromatic N) is 2. The highest BCUT2D eigenvalue weighted by Crippen LogP contribution is 2.30. The maximum Gasteiger partial charge on any atom is 0.433 e. The minimum atomic E-state index is -4.62. The van der Waals surface area contributed by atoms with Crippen LogP contribution in [0.2, 0.25) is 0 Å². The molecular weight excluding hydrogens is 287 g/mol. The Kier molecular flexibility index (Phi) is 4.78. The molecule has 0 aromatic carbocycles. The van der Waals surface area contributed by atoms with Gasteiger partial charge in [-0.1, -0.05) is 0 Å². The number of hydrogen-bond acceptors (Lipinski definition) is 4. The lowest BCUT2D eigenvalue weighted by molar-refractivity contribution is -0.141. The molecule has 0 saturated heterocycles. The van der Waals surface area contributed by atoms with Crippen molar-refractivity contribution >= 4 is 11.8 Å². The van der Waals surface area contributed by atoms with Gasteiger partial charge in [-0.05, 0) is 32.4 Å². The Morgan fingerprint density at radius 1 is 1.43 bits per heavy atom. The van der Waals surface area contributed by atoms with Gasteiger partial charge in [0.15, 0.2) is 0 Å². The zero-order valence-corrected chi connectivity index (χ0v) is 11.5. The van der Waals surface area contributed by atoms with Crippen molar-refractivity contribution in [2.75, 3.05) is 5.32 Å². The third-order valence-electron chi connectivity index (χ3n) is 2.73. The summed E-state index contributed by atoms with van der Waals surface area (Å²) in [5, 5.41) is 20.3. The van der Waals surface area contributed by atoms with Crippen LogP contribution in [0.5, 0.6) is 0 Å². The fraction of sp³-hybridized carbons (Fsp3) is 0.462. The smallest absolute Gasteiger partial charge is 0.433 e. The molecule has 1 aromatic heterocycles. The molecule has 0 spiro atoms. The van der Waals surface area contributed by atoms with Crippen LogP contribution in [0.1, 0.15) is 37.9 Å². The second-order valence-corrected chi connectivity index (χ2v) is 5.10. The van der Waals surface area contributed by atoms with E-state index in [1.807, 2.05) is 0 Å². The Morgan fingerprint density at radius 3 is 2.52 bits per heavy atom. The number of carboxylic acid groups (broad SMARTS) is 1. The highest BCUT2D eigenvalue weighted by molar-refractivity contribution is 5.67. The molecule has 0 fully saturated rings. The van der Waals surface area contributed by atoms with E-state index in [0.29, 0.717) is 0 Å². The molecule has 8 heteroatoms. The van der Waals surface area contributed by atoms with Crippen molar-refractivity contribution in [1.82, 2.24) is 4.98 Å². The number of aromatic nitrogens is 1.